The molecule has 0 bridgehead atoms. The fourth-order valence-electron chi connectivity index (χ4n) is 4.27. The van der Waals surface area contributed by atoms with Gasteiger partial charge in [0.15, 0.2) is 5.79 Å². The molecule has 1 aliphatic carbocycles. The van der Waals surface area contributed by atoms with Crippen LogP contribution in [0.4, 0.5) is 4.79 Å². The van der Waals surface area contributed by atoms with Crippen molar-refractivity contribution in [2.24, 2.45) is 11.3 Å². The van der Waals surface area contributed by atoms with Crippen molar-refractivity contribution >= 4 is 6.09 Å². The Balaban J connectivity index is 1.97. The number of alkyl carbamates (subject to hydrolysis) is 1. The Hall–Kier alpha value is -0.850. The first kappa shape index (κ1) is 20.5. The molecule has 1 saturated heterocycles. The lowest BCUT2D eigenvalue weighted by Gasteiger charge is -2.48. The standard InChI is InChI=1S/C19H35NO5/c1-5-18(7-9-19(10-8-18)23-12-13-24-19)15(6-11-21)14-20-16(22)25-17(2,3)4/h15,21H,5-14H2,1-4H3,(H,20,22). The van der Waals surface area contributed by atoms with E-state index in [1.807, 2.05) is 20.8 Å². The first-order chi connectivity index (χ1) is 11.7. The zero-order valence-electron chi connectivity index (χ0n) is 16.2. The number of carbonyl (C=O) groups excluding carboxylic acids is 1. The number of amides is 1. The smallest absolute Gasteiger partial charge is 0.407 e. The summed E-state index contributed by atoms with van der Waals surface area (Å²) >= 11 is 0. The average molecular weight is 357 g/mol. The van der Waals surface area contributed by atoms with Gasteiger partial charge in [-0.25, -0.2) is 4.79 Å². The molecule has 1 spiro atoms. The zero-order valence-corrected chi connectivity index (χ0v) is 16.2. The Morgan fingerprint density at radius 3 is 2.28 bits per heavy atom. The van der Waals surface area contributed by atoms with Gasteiger partial charge in [-0.15, -0.1) is 0 Å². The van der Waals surface area contributed by atoms with Crippen molar-refractivity contribution in [2.45, 2.75) is 77.6 Å². The van der Waals surface area contributed by atoms with Gasteiger partial charge in [-0.3, -0.25) is 0 Å². The maximum absolute atomic E-state index is 12.0. The van der Waals surface area contributed by atoms with Crippen LogP contribution in [0.25, 0.3) is 0 Å². The SMILES string of the molecule is CCC1(C(CCO)CNC(=O)OC(C)(C)C)CCC2(CC1)OCCO2. The number of rotatable bonds is 6. The number of nitrogens with one attached hydrogen (secondary N) is 1. The number of hydrogen-bond donors (Lipinski definition) is 2. The molecule has 1 heterocycles. The molecule has 2 rings (SSSR count). The second-order valence-electron chi connectivity index (χ2n) is 8.42. The normalized spacial score (nSPS) is 23.4. The largest absolute Gasteiger partial charge is 0.444 e. The van der Waals surface area contributed by atoms with Gasteiger partial charge in [0, 0.05) is 26.0 Å². The van der Waals surface area contributed by atoms with E-state index in [4.69, 9.17) is 14.2 Å². The van der Waals surface area contributed by atoms with Crippen LogP contribution in [0.1, 0.15) is 66.2 Å². The molecule has 1 saturated carbocycles. The van der Waals surface area contributed by atoms with Gasteiger partial charge in [-0.2, -0.15) is 0 Å². The minimum atomic E-state index is -0.507. The molecule has 1 unspecified atom stereocenters. The Morgan fingerprint density at radius 1 is 1.20 bits per heavy atom. The zero-order chi connectivity index (χ0) is 18.6. The summed E-state index contributed by atoms with van der Waals surface area (Å²) in [4.78, 5) is 12.0. The predicted octanol–water partition coefficient (Wildman–Crippen LogP) is 3.22. The van der Waals surface area contributed by atoms with Gasteiger partial charge in [0.1, 0.15) is 5.60 Å². The van der Waals surface area contributed by atoms with Crippen LogP contribution in [-0.4, -0.2) is 49.0 Å². The Bertz CT molecular complexity index is 430. The highest BCUT2D eigenvalue weighted by Gasteiger charge is 2.48. The van der Waals surface area contributed by atoms with Gasteiger partial charge in [-0.05, 0) is 51.4 Å². The molecular weight excluding hydrogens is 322 g/mol. The van der Waals surface area contributed by atoms with Crippen LogP contribution < -0.4 is 5.32 Å². The van der Waals surface area contributed by atoms with Gasteiger partial charge in [0.25, 0.3) is 0 Å². The third-order valence-corrected chi connectivity index (χ3v) is 5.76. The van der Waals surface area contributed by atoms with Crippen LogP contribution in [0, 0.1) is 11.3 Å². The third-order valence-electron chi connectivity index (χ3n) is 5.76. The molecule has 0 radical (unpaired) electrons. The molecule has 146 valence electrons. The second kappa shape index (κ2) is 8.23. The third kappa shape index (κ3) is 5.31. The number of hydrogen-bond acceptors (Lipinski definition) is 5. The van der Waals surface area contributed by atoms with Crippen molar-refractivity contribution in [3.8, 4) is 0 Å². The summed E-state index contributed by atoms with van der Waals surface area (Å²) in [5.74, 6) is -0.171. The summed E-state index contributed by atoms with van der Waals surface area (Å²) in [5, 5.41) is 12.4. The highest BCUT2D eigenvalue weighted by molar-refractivity contribution is 5.67. The van der Waals surface area contributed by atoms with Crippen LogP contribution in [0.15, 0.2) is 0 Å². The van der Waals surface area contributed by atoms with E-state index in [0.29, 0.717) is 26.2 Å². The first-order valence-corrected chi connectivity index (χ1v) is 9.60. The molecule has 2 aliphatic rings. The Kier molecular flexibility index (Phi) is 6.74. The van der Waals surface area contributed by atoms with Gasteiger partial charge < -0.3 is 24.6 Å². The molecule has 6 heteroatoms. The lowest BCUT2D eigenvalue weighted by molar-refractivity contribution is -0.197. The lowest BCUT2D eigenvalue weighted by Crippen LogP contribution is -2.47. The molecule has 6 nitrogen and oxygen atoms in total. The maximum Gasteiger partial charge on any atom is 0.407 e. The van der Waals surface area contributed by atoms with Crippen molar-refractivity contribution in [2.75, 3.05) is 26.4 Å². The minimum Gasteiger partial charge on any atom is -0.444 e. The van der Waals surface area contributed by atoms with E-state index in [1.54, 1.807) is 0 Å². The highest BCUT2D eigenvalue weighted by Crippen LogP contribution is 2.51. The van der Waals surface area contributed by atoms with Crippen LogP contribution in [0.3, 0.4) is 0 Å². The highest BCUT2D eigenvalue weighted by atomic mass is 16.7. The van der Waals surface area contributed by atoms with Crippen molar-refractivity contribution in [1.82, 2.24) is 5.32 Å². The van der Waals surface area contributed by atoms with Crippen molar-refractivity contribution in [1.29, 1.82) is 0 Å². The van der Waals surface area contributed by atoms with Crippen LogP contribution in [0.2, 0.25) is 0 Å². The van der Waals surface area contributed by atoms with E-state index in [9.17, 15) is 9.90 Å². The van der Waals surface area contributed by atoms with E-state index >= 15 is 0 Å². The molecule has 25 heavy (non-hydrogen) atoms. The maximum atomic E-state index is 12.0. The van der Waals surface area contributed by atoms with E-state index in [1.165, 1.54) is 0 Å². The summed E-state index contributed by atoms with van der Waals surface area (Å²) in [6, 6.07) is 0. The second-order valence-corrected chi connectivity index (χ2v) is 8.42. The van der Waals surface area contributed by atoms with Crippen LogP contribution >= 0.6 is 0 Å². The lowest BCUT2D eigenvalue weighted by atomic mass is 9.62. The van der Waals surface area contributed by atoms with Crippen molar-refractivity contribution in [3.05, 3.63) is 0 Å². The Morgan fingerprint density at radius 2 is 1.80 bits per heavy atom. The molecular formula is C19H35NO5. The first-order valence-electron chi connectivity index (χ1n) is 9.60. The molecule has 1 amide bonds. The van der Waals surface area contributed by atoms with E-state index in [0.717, 1.165) is 32.1 Å². The number of aliphatic hydroxyl groups is 1. The summed E-state index contributed by atoms with van der Waals surface area (Å²) in [6.45, 7) is 9.78. The summed E-state index contributed by atoms with van der Waals surface area (Å²) in [5.41, 5.74) is -0.411. The summed E-state index contributed by atoms with van der Waals surface area (Å²) in [6.07, 6.45) is 5.05. The molecule has 0 aromatic carbocycles. The van der Waals surface area contributed by atoms with Gasteiger partial charge >= 0.3 is 6.09 Å². The Labute approximate surface area is 151 Å². The van der Waals surface area contributed by atoms with E-state index in [-0.39, 0.29) is 23.7 Å². The molecule has 0 aromatic rings. The fraction of sp³-hybridized carbons (Fsp3) is 0.947. The number of ether oxygens (including phenoxy) is 3. The quantitative estimate of drug-likeness (QED) is 0.763. The van der Waals surface area contributed by atoms with E-state index in [2.05, 4.69) is 12.2 Å². The predicted molar refractivity (Wildman–Crippen MR) is 95.3 cm³/mol. The van der Waals surface area contributed by atoms with Crippen LogP contribution in [0.5, 0.6) is 0 Å². The van der Waals surface area contributed by atoms with Gasteiger partial charge in [0.05, 0.1) is 13.2 Å². The minimum absolute atomic E-state index is 0.0955. The molecule has 2 N–H and O–H groups in total. The number of aliphatic hydroxyl groups excluding tert-OH is 1. The molecule has 1 aliphatic heterocycles. The summed E-state index contributed by atoms with van der Waals surface area (Å²) < 4.78 is 17.0. The molecule has 2 fully saturated rings. The molecule has 0 aromatic heterocycles. The summed E-state index contributed by atoms with van der Waals surface area (Å²) in [7, 11) is 0. The molecule has 1 atom stereocenters. The van der Waals surface area contributed by atoms with Gasteiger partial charge in [0.2, 0.25) is 0 Å². The van der Waals surface area contributed by atoms with Crippen LogP contribution in [-0.2, 0) is 14.2 Å². The van der Waals surface area contributed by atoms with Crippen molar-refractivity contribution < 1.29 is 24.1 Å². The topological polar surface area (TPSA) is 77.0 Å². The number of carbonyl (C=O) groups is 1. The fourth-order valence-corrected chi connectivity index (χ4v) is 4.27. The van der Waals surface area contributed by atoms with Crippen molar-refractivity contribution in [3.63, 3.8) is 0 Å². The van der Waals surface area contributed by atoms with E-state index < -0.39 is 11.7 Å². The van der Waals surface area contributed by atoms with Gasteiger partial charge in [-0.1, -0.05) is 13.3 Å². The monoisotopic (exact) mass is 357 g/mol. The average Bonchev–Trinajstić information content (AvgIpc) is 3.00.